The molecule has 0 aliphatic heterocycles. The first kappa shape index (κ1) is 11.3. The van der Waals surface area contributed by atoms with E-state index in [2.05, 4.69) is 21.2 Å². The van der Waals surface area contributed by atoms with Crippen LogP contribution in [-0.2, 0) is 0 Å². The van der Waals surface area contributed by atoms with Gasteiger partial charge in [0.25, 0.3) is 5.91 Å². The second kappa shape index (κ2) is 5.17. The van der Waals surface area contributed by atoms with Crippen LogP contribution in [0.5, 0.6) is 0 Å². The van der Waals surface area contributed by atoms with E-state index in [1.807, 2.05) is 7.05 Å². The Bertz CT molecular complexity index is 312. The molecule has 0 radical (unpaired) electrons. The van der Waals surface area contributed by atoms with Gasteiger partial charge in [-0.2, -0.15) is 0 Å². The largest absolute Gasteiger partial charge is 0.457 e. The van der Waals surface area contributed by atoms with Crippen LogP contribution in [0.2, 0.25) is 0 Å². The van der Waals surface area contributed by atoms with Crippen LogP contribution in [0.4, 0.5) is 0 Å². The van der Waals surface area contributed by atoms with Crippen molar-refractivity contribution in [3.05, 3.63) is 22.6 Å². The molecule has 0 bridgehead atoms. The number of carbonyl (C=O) groups is 1. The maximum Gasteiger partial charge on any atom is 0.258 e. The lowest BCUT2D eigenvalue weighted by atomic mass is 10.3. The van der Waals surface area contributed by atoms with Gasteiger partial charge in [0.05, 0.1) is 11.8 Å². The average molecular weight is 261 g/mol. The van der Waals surface area contributed by atoms with Crippen LogP contribution in [0.25, 0.3) is 0 Å². The Kier molecular flexibility index (Phi) is 4.16. The second-order valence-corrected chi connectivity index (χ2v) is 3.66. The maximum absolute atomic E-state index is 11.7. The minimum absolute atomic E-state index is 0.0409. The molecule has 0 spiro atoms. The highest BCUT2D eigenvalue weighted by molar-refractivity contribution is 9.10. The summed E-state index contributed by atoms with van der Waals surface area (Å²) in [5, 5.41) is 2.98. The van der Waals surface area contributed by atoms with Gasteiger partial charge in [-0.1, -0.05) is 0 Å². The van der Waals surface area contributed by atoms with Crippen LogP contribution < -0.4 is 5.32 Å². The van der Waals surface area contributed by atoms with Crippen LogP contribution in [0, 0.1) is 0 Å². The maximum atomic E-state index is 11.7. The molecule has 0 atom stereocenters. The van der Waals surface area contributed by atoms with E-state index in [0.29, 0.717) is 16.8 Å². The van der Waals surface area contributed by atoms with Gasteiger partial charge >= 0.3 is 0 Å². The number of carbonyl (C=O) groups excluding carboxylic acids is 1. The van der Waals surface area contributed by atoms with Crippen molar-refractivity contribution >= 4 is 21.8 Å². The molecular formula is C9H13BrN2O2. The third-order valence-corrected chi connectivity index (χ3v) is 2.51. The van der Waals surface area contributed by atoms with Crippen LogP contribution in [0.3, 0.4) is 0 Å². The molecule has 0 aromatic carbocycles. The lowest BCUT2D eigenvalue weighted by Crippen LogP contribution is -2.32. The third-order valence-electron chi connectivity index (χ3n) is 1.89. The molecule has 1 N–H and O–H groups in total. The highest BCUT2D eigenvalue weighted by Gasteiger charge is 2.16. The molecule has 0 saturated heterocycles. The van der Waals surface area contributed by atoms with Crippen molar-refractivity contribution in [1.29, 1.82) is 0 Å². The standard InChI is InChI=1S/C9H13BrN2O2/c1-11-4-5-12(2)9(13)7-3-6-14-8(7)10/h3,6,11H,4-5H2,1-2H3. The van der Waals surface area contributed by atoms with E-state index in [0.717, 1.165) is 6.54 Å². The molecule has 1 amide bonds. The van der Waals surface area contributed by atoms with E-state index in [4.69, 9.17) is 4.42 Å². The number of hydrogen-bond acceptors (Lipinski definition) is 3. The quantitative estimate of drug-likeness (QED) is 0.889. The van der Waals surface area contributed by atoms with Crippen molar-refractivity contribution < 1.29 is 9.21 Å². The van der Waals surface area contributed by atoms with Gasteiger partial charge in [0.1, 0.15) is 0 Å². The van der Waals surface area contributed by atoms with E-state index in [1.165, 1.54) is 6.26 Å². The van der Waals surface area contributed by atoms with Gasteiger partial charge in [0.15, 0.2) is 4.67 Å². The number of furan rings is 1. The SMILES string of the molecule is CNCCN(C)C(=O)c1ccoc1Br. The van der Waals surface area contributed by atoms with Crippen molar-refractivity contribution in [3.8, 4) is 0 Å². The summed E-state index contributed by atoms with van der Waals surface area (Å²) >= 11 is 3.17. The first-order chi connectivity index (χ1) is 6.66. The number of nitrogens with one attached hydrogen (secondary N) is 1. The van der Waals surface area contributed by atoms with Crippen molar-refractivity contribution in [1.82, 2.24) is 10.2 Å². The molecule has 14 heavy (non-hydrogen) atoms. The monoisotopic (exact) mass is 260 g/mol. The molecule has 0 aliphatic carbocycles. The predicted octanol–water partition coefficient (Wildman–Crippen LogP) is 1.33. The summed E-state index contributed by atoms with van der Waals surface area (Å²) in [4.78, 5) is 13.4. The topological polar surface area (TPSA) is 45.5 Å². The third kappa shape index (κ3) is 2.59. The molecule has 4 nitrogen and oxygen atoms in total. The summed E-state index contributed by atoms with van der Waals surface area (Å²) in [7, 11) is 3.62. The summed E-state index contributed by atoms with van der Waals surface area (Å²) < 4.78 is 5.48. The second-order valence-electron chi connectivity index (χ2n) is 2.94. The van der Waals surface area contributed by atoms with E-state index >= 15 is 0 Å². The number of amides is 1. The Hall–Kier alpha value is -0.810. The predicted molar refractivity (Wildman–Crippen MR) is 57.3 cm³/mol. The summed E-state index contributed by atoms with van der Waals surface area (Å²) in [5.74, 6) is -0.0409. The van der Waals surface area contributed by atoms with Crippen molar-refractivity contribution in [3.63, 3.8) is 0 Å². The van der Waals surface area contributed by atoms with Crippen LogP contribution in [0.15, 0.2) is 21.4 Å². The Morgan fingerprint density at radius 1 is 1.71 bits per heavy atom. The Labute approximate surface area is 91.4 Å². The molecule has 1 rings (SSSR count). The van der Waals surface area contributed by atoms with Gasteiger partial charge in [-0.3, -0.25) is 4.79 Å². The molecule has 78 valence electrons. The highest BCUT2D eigenvalue weighted by Crippen LogP contribution is 2.18. The van der Waals surface area contributed by atoms with Gasteiger partial charge in [-0.05, 0) is 29.0 Å². The number of likely N-dealkylation sites (N-methyl/N-ethyl adjacent to an activating group) is 2. The van der Waals surface area contributed by atoms with Crippen LogP contribution in [0.1, 0.15) is 10.4 Å². The zero-order chi connectivity index (χ0) is 10.6. The first-order valence-corrected chi connectivity index (χ1v) is 5.09. The molecule has 0 saturated carbocycles. The molecule has 0 unspecified atom stereocenters. The van der Waals surface area contributed by atoms with Gasteiger partial charge in [-0.15, -0.1) is 0 Å². The minimum Gasteiger partial charge on any atom is -0.457 e. The summed E-state index contributed by atoms with van der Waals surface area (Å²) in [6, 6.07) is 1.66. The fraction of sp³-hybridized carbons (Fsp3) is 0.444. The van der Waals surface area contributed by atoms with Crippen molar-refractivity contribution in [2.24, 2.45) is 0 Å². The number of hydrogen-bond donors (Lipinski definition) is 1. The molecule has 1 heterocycles. The normalized spacial score (nSPS) is 10.2. The zero-order valence-corrected chi connectivity index (χ0v) is 9.80. The zero-order valence-electron chi connectivity index (χ0n) is 8.21. The molecule has 1 aromatic heterocycles. The van der Waals surface area contributed by atoms with E-state index in [9.17, 15) is 4.79 Å². The first-order valence-electron chi connectivity index (χ1n) is 4.30. The fourth-order valence-electron chi connectivity index (χ4n) is 1.03. The Balaban J connectivity index is 2.61. The summed E-state index contributed by atoms with van der Waals surface area (Å²) in [5.41, 5.74) is 0.559. The number of nitrogens with zero attached hydrogens (tertiary/aromatic N) is 1. The average Bonchev–Trinajstić information content (AvgIpc) is 2.59. The summed E-state index contributed by atoms with van der Waals surface area (Å²) in [6.45, 7) is 1.45. The molecule has 1 aromatic rings. The van der Waals surface area contributed by atoms with Crippen LogP contribution in [-0.4, -0.2) is 38.0 Å². The smallest absolute Gasteiger partial charge is 0.258 e. The van der Waals surface area contributed by atoms with Crippen LogP contribution >= 0.6 is 15.9 Å². The Morgan fingerprint density at radius 3 is 2.93 bits per heavy atom. The van der Waals surface area contributed by atoms with E-state index in [1.54, 1.807) is 18.0 Å². The minimum atomic E-state index is -0.0409. The number of halogens is 1. The molecule has 0 aliphatic rings. The molecule has 0 fully saturated rings. The Morgan fingerprint density at radius 2 is 2.43 bits per heavy atom. The van der Waals surface area contributed by atoms with Gasteiger partial charge in [0.2, 0.25) is 0 Å². The van der Waals surface area contributed by atoms with Crippen molar-refractivity contribution in [2.45, 2.75) is 0 Å². The molecular weight excluding hydrogens is 248 g/mol. The lowest BCUT2D eigenvalue weighted by molar-refractivity contribution is 0.0795. The van der Waals surface area contributed by atoms with Gasteiger partial charge in [-0.25, -0.2) is 0 Å². The fourth-order valence-corrected chi connectivity index (χ4v) is 1.44. The van der Waals surface area contributed by atoms with Crippen molar-refractivity contribution in [2.75, 3.05) is 27.2 Å². The van der Waals surface area contributed by atoms with Gasteiger partial charge in [0, 0.05) is 20.1 Å². The highest BCUT2D eigenvalue weighted by atomic mass is 79.9. The molecule has 5 heteroatoms. The number of rotatable bonds is 4. The van der Waals surface area contributed by atoms with E-state index in [-0.39, 0.29) is 5.91 Å². The summed E-state index contributed by atoms with van der Waals surface area (Å²) in [6.07, 6.45) is 1.49. The van der Waals surface area contributed by atoms with Gasteiger partial charge < -0.3 is 14.6 Å². The lowest BCUT2D eigenvalue weighted by Gasteiger charge is -2.15. The van der Waals surface area contributed by atoms with E-state index < -0.39 is 0 Å².